The summed E-state index contributed by atoms with van der Waals surface area (Å²) in [4.78, 5) is 21.6. The van der Waals surface area contributed by atoms with E-state index in [2.05, 4.69) is 11.2 Å². The highest BCUT2D eigenvalue weighted by Gasteiger charge is 2.08. The minimum atomic E-state index is -0.820. The van der Waals surface area contributed by atoms with Gasteiger partial charge in [-0.3, -0.25) is 9.59 Å². The number of carbonyl (C=O) groups excluding carboxylic acids is 1. The van der Waals surface area contributed by atoms with E-state index in [9.17, 15) is 9.59 Å². The standard InChI is InChI=1S/C12H19NO3/c1-3-7-10(4-2)13-11(14)8-5-6-9-12(15)16/h1,10H,4-9H2,2H3,(H,13,14)(H,15,16). The summed E-state index contributed by atoms with van der Waals surface area (Å²) < 4.78 is 0. The van der Waals surface area contributed by atoms with Crippen molar-refractivity contribution < 1.29 is 14.7 Å². The smallest absolute Gasteiger partial charge is 0.303 e. The maximum atomic E-state index is 11.4. The fraction of sp³-hybridized carbons (Fsp3) is 0.667. The Hall–Kier alpha value is -1.50. The average Bonchev–Trinajstić information content (AvgIpc) is 2.23. The van der Waals surface area contributed by atoms with Crippen molar-refractivity contribution in [1.82, 2.24) is 5.32 Å². The first-order valence-electron chi connectivity index (χ1n) is 5.54. The molecule has 0 heterocycles. The summed E-state index contributed by atoms with van der Waals surface area (Å²) >= 11 is 0. The molecule has 0 saturated heterocycles. The predicted octanol–water partition coefficient (Wildman–Crippen LogP) is 1.55. The van der Waals surface area contributed by atoms with Gasteiger partial charge in [0.1, 0.15) is 0 Å². The summed E-state index contributed by atoms with van der Waals surface area (Å²) in [7, 11) is 0. The van der Waals surface area contributed by atoms with Crippen molar-refractivity contribution in [3.63, 3.8) is 0 Å². The quantitative estimate of drug-likeness (QED) is 0.486. The number of rotatable bonds is 8. The molecule has 2 N–H and O–H groups in total. The second-order valence-electron chi connectivity index (χ2n) is 3.68. The number of carboxylic acid groups (broad SMARTS) is 1. The van der Waals surface area contributed by atoms with Crippen molar-refractivity contribution in [2.75, 3.05) is 0 Å². The zero-order chi connectivity index (χ0) is 12.4. The Labute approximate surface area is 96.4 Å². The molecule has 90 valence electrons. The molecule has 0 aromatic rings. The number of carboxylic acids is 1. The Bertz CT molecular complexity index is 268. The average molecular weight is 225 g/mol. The third kappa shape index (κ3) is 7.86. The normalized spacial score (nSPS) is 11.5. The molecule has 4 nitrogen and oxygen atoms in total. The highest BCUT2D eigenvalue weighted by atomic mass is 16.4. The Morgan fingerprint density at radius 2 is 2.00 bits per heavy atom. The van der Waals surface area contributed by atoms with Crippen molar-refractivity contribution in [1.29, 1.82) is 0 Å². The van der Waals surface area contributed by atoms with Crippen LogP contribution in [0.4, 0.5) is 0 Å². The molecule has 0 saturated carbocycles. The summed E-state index contributed by atoms with van der Waals surface area (Å²) in [5.41, 5.74) is 0. The maximum absolute atomic E-state index is 11.4. The molecule has 1 unspecified atom stereocenters. The number of aliphatic carboxylic acids is 1. The van der Waals surface area contributed by atoms with Crippen molar-refractivity contribution in [3.8, 4) is 12.3 Å². The molecule has 0 aliphatic heterocycles. The molecular formula is C12H19NO3. The molecule has 4 heteroatoms. The monoisotopic (exact) mass is 225 g/mol. The van der Waals surface area contributed by atoms with Crippen LogP contribution in [0.5, 0.6) is 0 Å². The van der Waals surface area contributed by atoms with Gasteiger partial charge in [0.25, 0.3) is 0 Å². The van der Waals surface area contributed by atoms with Crippen LogP contribution in [0.2, 0.25) is 0 Å². The molecule has 0 aliphatic rings. The topological polar surface area (TPSA) is 66.4 Å². The van der Waals surface area contributed by atoms with Gasteiger partial charge in [-0.25, -0.2) is 0 Å². The predicted molar refractivity (Wildman–Crippen MR) is 61.8 cm³/mol. The van der Waals surface area contributed by atoms with Crippen molar-refractivity contribution in [2.24, 2.45) is 0 Å². The van der Waals surface area contributed by atoms with E-state index in [0.29, 0.717) is 25.7 Å². The lowest BCUT2D eigenvalue weighted by atomic mass is 10.1. The number of amides is 1. The fourth-order valence-corrected chi connectivity index (χ4v) is 1.30. The Morgan fingerprint density at radius 3 is 2.50 bits per heavy atom. The molecule has 0 rings (SSSR count). The minimum Gasteiger partial charge on any atom is -0.481 e. The zero-order valence-electron chi connectivity index (χ0n) is 9.66. The van der Waals surface area contributed by atoms with Crippen LogP contribution in [-0.4, -0.2) is 23.0 Å². The molecule has 0 aromatic heterocycles. The highest BCUT2D eigenvalue weighted by Crippen LogP contribution is 2.02. The number of hydrogen-bond acceptors (Lipinski definition) is 2. The molecule has 1 atom stereocenters. The number of hydrogen-bond donors (Lipinski definition) is 2. The number of carbonyl (C=O) groups is 2. The molecule has 0 fully saturated rings. The summed E-state index contributed by atoms with van der Waals surface area (Å²) in [6.07, 6.45) is 8.15. The van der Waals surface area contributed by atoms with Crippen molar-refractivity contribution >= 4 is 11.9 Å². The Morgan fingerprint density at radius 1 is 1.38 bits per heavy atom. The zero-order valence-corrected chi connectivity index (χ0v) is 9.66. The van der Waals surface area contributed by atoms with Gasteiger partial charge in [0.05, 0.1) is 0 Å². The van der Waals surface area contributed by atoms with Crippen molar-refractivity contribution in [3.05, 3.63) is 0 Å². The van der Waals surface area contributed by atoms with Crippen LogP contribution in [0.1, 0.15) is 45.4 Å². The van der Waals surface area contributed by atoms with Gasteiger partial charge < -0.3 is 10.4 Å². The third-order valence-corrected chi connectivity index (χ3v) is 2.27. The van der Waals surface area contributed by atoms with E-state index >= 15 is 0 Å². The molecule has 0 aliphatic carbocycles. The summed E-state index contributed by atoms with van der Waals surface area (Å²) in [6.45, 7) is 1.96. The third-order valence-electron chi connectivity index (χ3n) is 2.27. The molecule has 0 bridgehead atoms. The van der Waals surface area contributed by atoms with E-state index in [0.717, 1.165) is 6.42 Å². The van der Waals surface area contributed by atoms with Crippen LogP contribution in [0.3, 0.4) is 0 Å². The number of terminal acetylenes is 1. The molecule has 0 aromatic carbocycles. The first-order chi connectivity index (χ1) is 7.60. The van der Waals surface area contributed by atoms with Gasteiger partial charge in [0.2, 0.25) is 5.91 Å². The van der Waals surface area contributed by atoms with Crippen LogP contribution < -0.4 is 5.32 Å². The van der Waals surface area contributed by atoms with Crippen LogP contribution in [0.25, 0.3) is 0 Å². The lowest BCUT2D eigenvalue weighted by molar-refractivity contribution is -0.137. The second-order valence-corrected chi connectivity index (χ2v) is 3.68. The molecule has 0 spiro atoms. The van der Waals surface area contributed by atoms with Crippen molar-refractivity contribution in [2.45, 2.75) is 51.5 Å². The molecule has 0 radical (unpaired) electrons. The lowest BCUT2D eigenvalue weighted by Crippen LogP contribution is -2.33. The van der Waals surface area contributed by atoms with E-state index in [1.165, 1.54) is 0 Å². The summed E-state index contributed by atoms with van der Waals surface area (Å²) in [5.74, 6) is 1.65. The minimum absolute atomic E-state index is 0.0389. The maximum Gasteiger partial charge on any atom is 0.303 e. The lowest BCUT2D eigenvalue weighted by Gasteiger charge is -2.13. The first-order valence-corrected chi connectivity index (χ1v) is 5.54. The van der Waals surface area contributed by atoms with E-state index in [4.69, 9.17) is 11.5 Å². The summed E-state index contributed by atoms with van der Waals surface area (Å²) in [5, 5.41) is 11.2. The Kier molecular flexibility index (Phi) is 7.96. The second kappa shape index (κ2) is 8.78. The van der Waals surface area contributed by atoms with E-state index in [1.54, 1.807) is 0 Å². The Balaban J connectivity index is 3.65. The fourth-order valence-electron chi connectivity index (χ4n) is 1.30. The number of unbranched alkanes of at least 4 members (excludes halogenated alkanes) is 1. The molecule has 16 heavy (non-hydrogen) atoms. The van der Waals surface area contributed by atoms with Gasteiger partial charge in [0, 0.05) is 25.3 Å². The van der Waals surface area contributed by atoms with Crippen LogP contribution in [0.15, 0.2) is 0 Å². The van der Waals surface area contributed by atoms with Crippen LogP contribution in [-0.2, 0) is 9.59 Å². The van der Waals surface area contributed by atoms with Gasteiger partial charge in [-0.1, -0.05) is 6.92 Å². The largest absolute Gasteiger partial charge is 0.481 e. The van der Waals surface area contributed by atoms with Crippen LogP contribution in [0, 0.1) is 12.3 Å². The van der Waals surface area contributed by atoms with E-state index in [1.807, 2.05) is 6.92 Å². The summed E-state index contributed by atoms with van der Waals surface area (Å²) in [6, 6.07) is 0.0389. The van der Waals surface area contributed by atoms with Gasteiger partial charge in [-0.05, 0) is 19.3 Å². The van der Waals surface area contributed by atoms with Gasteiger partial charge in [0.15, 0.2) is 0 Å². The van der Waals surface area contributed by atoms with E-state index < -0.39 is 5.97 Å². The van der Waals surface area contributed by atoms with E-state index in [-0.39, 0.29) is 18.4 Å². The number of nitrogens with one attached hydrogen (secondary N) is 1. The molecular weight excluding hydrogens is 206 g/mol. The van der Waals surface area contributed by atoms with Gasteiger partial charge >= 0.3 is 5.97 Å². The first kappa shape index (κ1) is 14.5. The molecule has 1 amide bonds. The SMILES string of the molecule is C#CCC(CC)NC(=O)CCCCC(=O)O. The highest BCUT2D eigenvalue weighted by molar-refractivity contribution is 5.76. The van der Waals surface area contributed by atoms with Gasteiger partial charge in [-0.2, -0.15) is 0 Å². The van der Waals surface area contributed by atoms with Crippen LogP contribution >= 0.6 is 0 Å². The van der Waals surface area contributed by atoms with Gasteiger partial charge in [-0.15, -0.1) is 12.3 Å².